The van der Waals surface area contributed by atoms with E-state index in [0.717, 1.165) is 18.5 Å². The fraction of sp³-hybridized carbons (Fsp3) is 0.571. The highest BCUT2D eigenvalue weighted by Gasteiger charge is 2.07. The molecule has 1 atom stereocenters. The molecule has 0 nitrogen and oxygen atoms in total. The van der Waals surface area contributed by atoms with Gasteiger partial charge in [0.2, 0.25) is 0 Å². The Morgan fingerprint density at radius 1 is 0.737 bits per heavy atom. The second-order valence-electron chi connectivity index (χ2n) is 4.59. The number of rotatable bonds is 10. The Hall–Kier alpha value is 0.950. The van der Waals surface area contributed by atoms with E-state index in [9.17, 15) is 0 Å². The van der Waals surface area contributed by atoms with Crippen LogP contribution in [0.25, 0.3) is 0 Å². The normalized spacial score (nSPS) is 12.8. The molecule has 108 valence electrons. The van der Waals surface area contributed by atoms with Crippen LogP contribution in [0, 0.1) is 0 Å². The Morgan fingerprint density at radius 2 is 1.42 bits per heavy atom. The summed E-state index contributed by atoms with van der Waals surface area (Å²) in [5, 5.41) is 0. The van der Waals surface area contributed by atoms with Crippen molar-refractivity contribution in [3.63, 3.8) is 0 Å². The molecule has 0 fully saturated rings. The molecular weight excluding hydrogens is 336 g/mol. The van der Waals surface area contributed by atoms with Gasteiger partial charge in [-0.05, 0) is 44.4 Å². The minimum Gasteiger partial charge on any atom is -0.0964 e. The van der Waals surface area contributed by atoms with Gasteiger partial charge in [0.25, 0.3) is 0 Å². The zero-order chi connectivity index (χ0) is 13.9. The average molecular weight is 358 g/mol. The van der Waals surface area contributed by atoms with Crippen molar-refractivity contribution >= 4 is 47.6 Å². The van der Waals surface area contributed by atoms with E-state index >= 15 is 0 Å². The summed E-state index contributed by atoms with van der Waals surface area (Å²) in [7, 11) is -0.358. The molecule has 1 unspecified atom stereocenters. The molecule has 19 heavy (non-hydrogen) atoms. The predicted molar refractivity (Wildman–Crippen MR) is 94.6 cm³/mol. The lowest BCUT2D eigenvalue weighted by Crippen LogP contribution is -1.90. The van der Waals surface area contributed by atoms with Gasteiger partial charge in [-0.3, -0.25) is 0 Å². The van der Waals surface area contributed by atoms with Crippen LogP contribution in [0.15, 0.2) is 30.3 Å². The van der Waals surface area contributed by atoms with Gasteiger partial charge >= 0.3 is 0 Å². The molecular formula is C14H21Cl3P2. The molecule has 0 spiro atoms. The van der Waals surface area contributed by atoms with Crippen LogP contribution in [0.4, 0.5) is 0 Å². The molecule has 0 saturated heterocycles. The van der Waals surface area contributed by atoms with E-state index in [4.69, 9.17) is 33.7 Å². The molecule has 0 aliphatic rings. The number of hydrogen-bond donors (Lipinski definition) is 0. The predicted octanol–water partition coefficient (Wildman–Crippen LogP) is 7.21. The minimum absolute atomic E-state index is 0.358. The van der Waals surface area contributed by atoms with Crippen LogP contribution >= 0.6 is 47.6 Å². The number of unbranched alkanes of at least 4 members (excludes halogenated alkanes) is 3. The largest absolute Gasteiger partial charge is 0.0964 e. The zero-order valence-electron chi connectivity index (χ0n) is 11.1. The molecule has 1 aromatic carbocycles. The van der Waals surface area contributed by atoms with Crippen molar-refractivity contribution in [2.75, 3.05) is 18.5 Å². The van der Waals surface area contributed by atoms with Crippen molar-refractivity contribution in [3.05, 3.63) is 35.9 Å². The molecule has 0 aliphatic heterocycles. The van der Waals surface area contributed by atoms with Gasteiger partial charge in [0, 0.05) is 6.16 Å². The standard InChI is InChI=1S/C14H21Cl3P2/c15-18(12-13-19(16)17)11-7-2-1-4-8-14-9-5-3-6-10-14/h3,5-6,9-10H,1-2,4,7-8,11-13H2. The van der Waals surface area contributed by atoms with Gasteiger partial charge in [-0.2, -0.15) is 0 Å². The van der Waals surface area contributed by atoms with Crippen molar-refractivity contribution in [1.29, 1.82) is 0 Å². The maximum Gasteiger partial charge on any atom is 0.0858 e. The third-order valence-corrected chi connectivity index (χ3v) is 7.42. The molecule has 0 aliphatic carbocycles. The second-order valence-corrected chi connectivity index (χ2v) is 11.9. The van der Waals surface area contributed by atoms with Crippen molar-refractivity contribution in [1.82, 2.24) is 0 Å². The quantitative estimate of drug-likeness (QED) is 0.306. The summed E-state index contributed by atoms with van der Waals surface area (Å²) >= 11 is 17.8. The number of aryl methyl sites for hydroxylation is 1. The SMILES string of the molecule is ClP(Cl)CCP(Cl)CCCCCCc1ccccc1. The summed E-state index contributed by atoms with van der Waals surface area (Å²) in [6, 6.07) is 10.7. The Kier molecular flexibility index (Phi) is 11.0. The van der Waals surface area contributed by atoms with Crippen molar-refractivity contribution in [2.45, 2.75) is 32.1 Å². The maximum atomic E-state index is 6.29. The molecule has 1 rings (SSSR count). The van der Waals surface area contributed by atoms with E-state index in [2.05, 4.69) is 30.3 Å². The third-order valence-electron chi connectivity index (χ3n) is 2.97. The first kappa shape index (κ1) is 18.0. The van der Waals surface area contributed by atoms with Crippen molar-refractivity contribution < 1.29 is 0 Å². The summed E-state index contributed by atoms with van der Waals surface area (Å²) in [4.78, 5) is 0. The van der Waals surface area contributed by atoms with Crippen LogP contribution in [0.5, 0.6) is 0 Å². The Balaban J connectivity index is 1.93. The van der Waals surface area contributed by atoms with Crippen LogP contribution < -0.4 is 0 Å². The highest BCUT2D eigenvalue weighted by molar-refractivity contribution is 8.04. The Bertz CT molecular complexity index is 320. The Labute approximate surface area is 134 Å². The number of hydrogen-bond acceptors (Lipinski definition) is 0. The lowest BCUT2D eigenvalue weighted by molar-refractivity contribution is 0.669. The maximum absolute atomic E-state index is 6.29. The van der Waals surface area contributed by atoms with Crippen LogP contribution in [-0.2, 0) is 6.42 Å². The van der Waals surface area contributed by atoms with Gasteiger partial charge in [0.1, 0.15) is 0 Å². The lowest BCUT2D eigenvalue weighted by atomic mass is 10.1. The van der Waals surface area contributed by atoms with Gasteiger partial charge < -0.3 is 0 Å². The molecule has 0 N–H and O–H groups in total. The van der Waals surface area contributed by atoms with Crippen LogP contribution in [-0.4, -0.2) is 18.5 Å². The van der Waals surface area contributed by atoms with E-state index < -0.39 is 6.63 Å². The molecule has 0 bridgehead atoms. The summed E-state index contributed by atoms with van der Waals surface area (Å²) in [5.41, 5.74) is 1.44. The zero-order valence-corrected chi connectivity index (χ0v) is 15.1. The fourth-order valence-corrected chi connectivity index (χ4v) is 6.57. The molecule has 0 amide bonds. The van der Waals surface area contributed by atoms with Crippen LogP contribution in [0.3, 0.4) is 0 Å². The summed E-state index contributed by atoms with van der Waals surface area (Å²) in [5.74, 6) is 0. The first-order valence-electron chi connectivity index (χ1n) is 6.72. The average Bonchev–Trinajstić information content (AvgIpc) is 2.41. The number of halogens is 3. The van der Waals surface area contributed by atoms with Crippen LogP contribution in [0.2, 0.25) is 0 Å². The van der Waals surface area contributed by atoms with Crippen LogP contribution in [0.1, 0.15) is 31.2 Å². The molecule has 1 aromatic rings. The molecule has 5 heteroatoms. The molecule has 0 saturated carbocycles. The number of benzene rings is 1. The van der Waals surface area contributed by atoms with Crippen molar-refractivity contribution in [2.24, 2.45) is 0 Å². The molecule has 0 aromatic heterocycles. The summed E-state index contributed by atoms with van der Waals surface area (Å²) in [6.45, 7) is -0.807. The second kappa shape index (κ2) is 11.6. The Morgan fingerprint density at radius 3 is 2.11 bits per heavy atom. The summed E-state index contributed by atoms with van der Waals surface area (Å²) < 4.78 is 0. The van der Waals surface area contributed by atoms with E-state index in [1.54, 1.807) is 0 Å². The van der Waals surface area contributed by atoms with Gasteiger partial charge in [-0.15, -0.1) is 0 Å². The smallest absolute Gasteiger partial charge is 0.0858 e. The molecule has 0 radical (unpaired) electrons. The first-order valence-corrected chi connectivity index (χ1v) is 12.7. The monoisotopic (exact) mass is 356 g/mol. The van der Waals surface area contributed by atoms with E-state index in [1.165, 1.54) is 37.7 Å². The topological polar surface area (TPSA) is 0 Å². The van der Waals surface area contributed by atoms with E-state index in [1.807, 2.05) is 0 Å². The van der Waals surface area contributed by atoms with Gasteiger partial charge in [0.05, 0.1) is 6.63 Å². The van der Waals surface area contributed by atoms with Crippen molar-refractivity contribution in [3.8, 4) is 0 Å². The lowest BCUT2D eigenvalue weighted by Gasteiger charge is -2.09. The van der Waals surface area contributed by atoms with Gasteiger partial charge in [-0.25, -0.2) is 0 Å². The van der Waals surface area contributed by atoms with E-state index in [0.29, 0.717) is 0 Å². The molecule has 0 heterocycles. The highest BCUT2D eigenvalue weighted by Crippen LogP contribution is 2.51. The fourth-order valence-electron chi connectivity index (χ4n) is 1.91. The highest BCUT2D eigenvalue weighted by atomic mass is 35.9. The summed E-state index contributed by atoms with van der Waals surface area (Å²) in [6.07, 6.45) is 9.35. The minimum atomic E-state index is -0.807. The van der Waals surface area contributed by atoms with Gasteiger partial charge in [-0.1, -0.05) is 76.9 Å². The first-order chi connectivity index (χ1) is 9.18. The third kappa shape index (κ3) is 10.3. The van der Waals surface area contributed by atoms with Gasteiger partial charge in [0.15, 0.2) is 0 Å². The van der Waals surface area contributed by atoms with E-state index in [-0.39, 0.29) is 7.27 Å².